The zero-order valence-corrected chi connectivity index (χ0v) is 17.5. The standard InChI is InChI=1S/C25H25F3N2O2/c26-25(27,28)32-22-11-9-20(10-12-22)24(30-15-13-29-14-16-30)21-7-4-8-23(17-21)31-18-19-5-2-1-3-6-19/h1-12,17,24,29H,13-16,18H2/t24-/m1/s1. The van der Waals surface area contributed by atoms with Gasteiger partial charge in [-0.25, -0.2) is 0 Å². The lowest BCUT2D eigenvalue weighted by Gasteiger charge is -2.35. The molecule has 0 aromatic heterocycles. The highest BCUT2D eigenvalue weighted by Gasteiger charge is 2.31. The first-order valence-corrected chi connectivity index (χ1v) is 10.6. The number of ether oxygens (including phenoxy) is 2. The number of rotatable bonds is 7. The number of hydrogen-bond acceptors (Lipinski definition) is 4. The maximum absolute atomic E-state index is 12.5. The van der Waals surface area contributed by atoms with Gasteiger partial charge >= 0.3 is 6.36 Å². The molecular formula is C25H25F3N2O2. The van der Waals surface area contributed by atoms with Crippen molar-refractivity contribution in [3.05, 3.63) is 95.6 Å². The van der Waals surface area contributed by atoms with Crippen molar-refractivity contribution in [2.24, 2.45) is 0 Å². The summed E-state index contributed by atoms with van der Waals surface area (Å²) in [7, 11) is 0. The Bertz CT molecular complexity index is 988. The fourth-order valence-electron chi connectivity index (χ4n) is 3.92. The molecule has 0 spiro atoms. The molecule has 168 valence electrons. The summed E-state index contributed by atoms with van der Waals surface area (Å²) in [5, 5.41) is 3.35. The summed E-state index contributed by atoms with van der Waals surface area (Å²) >= 11 is 0. The zero-order valence-electron chi connectivity index (χ0n) is 17.5. The minimum atomic E-state index is -4.70. The molecule has 1 N–H and O–H groups in total. The molecule has 4 rings (SSSR count). The van der Waals surface area contributed by atoms with Crippen molar-refractivity contribution < 1.29 is 22.6 Å². The molecule has 32 heavy (non-hydrogen) atoms. The van der Waals surface area contributed by atoms with Crippen LogP contribution in [0.3, 0.4) is 0 Å². The van der Waals surface area contributed by atoms with E-state index in [1.54, 1.807) is 12.1 Å². The van der Waals surface area contributed by atoms with E-state index in [0.29, 0.717) is 6.61 Å². The molecule has 0 amide bonds. The summed E-state index contributed by atoms with van der Waals surface area (Å²) in [6.45, 7) is 3.85. The van der Waals surface area contributed by atoms with E-state index < -0.39 is 6.36 Å². The van der Waals surface area contributed by atoms with E-state index in [9.17, 15) is 13.2 Å². The van der Waals surface area contributed by atoms with Gasteiger partial charge in [-0.15, -0.1) is 13.2 Å². The minimum Gasteiger partial charge on any atom is -0.489 e. The third kappa shape index (κ3) is 6.02. The fourth-order valence-corrected chi connectivity index (χ4v) is 3.92. The Balaban J connectivity index is 1.58. The molecule has 1 fully saturated rings. The molecular weight excluding hydrogens is 417 g/mol. The van der Waals surface area contributed by atoms with Crippen LogP contribution in [0, 0.1) is 0 Å². The van der Waals surface area contributed by atoms with Crippen LogP contribution in [0.15, 0.2) is 78.9 Å². The number of halogens is 3. The third-order valence-corrected chi connectivity index (χ3v) is 5.37. The van der Waals surface area contributed by atoms with E-state index in [1.807, 2.05) is 54.6 Å². The summed E-state index contributed by atoms with van der Waals surface area (Å²) < 4.78 is 47.7. The first kappa shape index (κ1) is 22.2. The molecule has 0 unspecified atom stereocenters. The number of hydrogen-bond donors (Lipinski definition) is 1. The van der Waals surface area contributed by atoms with E-state index in [1.165, 1.54) is 12.1 Å². The average Bonchev–Trinajstić information content (AvgIpc) is 2.80. The largest absolute Gasteiger partial charge is 0.573 e. The molecule has 1 heterocycles. The number of alkyl halides is 3. The lowest BCUT2D eigenvalue weighted by Crippen LogP contribution is -2.45. The Kier molecular flexibility index (Phi) is 6.97. The summed E-state index contributed by atoms with van der Waals surface area (Å²) in [5.74, 6) is 0.531. The van der Waals surface area contributed by atoms with Gasteiger partial charge in [-0.05, 0) is 41.0 Å². The van der Waals surface area contributed by atoms with Crippen molar-refractivity contribution in [2.75, 3.05) is 26.2 Å². The predicted molar refractivity (Wildman–Crippen MR) is 117 cm³/mol. The van der Waals surface area contributed by atoms with E-state index >= 15 is 0 Å². The summed E-state index contributed by atoms with van der Waals surface area (Å²) in [6, 6.07) is 23.9. The Morgan fingerprint density at radius 3 is 2.22 bits per heavy atom. The molecule has 0 radical (unpaired) electrons. The molecule has 0 bridgehead atoms. The van der Waals surface area contributed by atoms with Crippen molar-refractivity contribution in [2.45, 2.75) is 19.0 Å². The van der Waals surface area contributed by atoms with Gasteiger partial charge in [0.25, 0.3) is 0 Å². The number of piperazine rings is 1. The van der Waals surface area contributed by atoms with Gasteiger partial charge in [-0.3, -0.25) is 4.90 Å². The second-order valence-electron chi connectivity index (χ2n) is 7.65. The fraction of sp³-hybridized carbons (Fsp3) is 0.280. The number of benzene rings is 3. The SMILES string of the molecule is FC(F)(F)Oc1ccc([C@H](c2cccc(OCc3ccccc3)c2)N2CCNCC2)cc1. The monoisotopic (exact) mass is 442 g/mol. The molecule has 0 saturated carbocycles. The lowest BCUT2D eigenvalue weighted by atomic mass is 9.96. The topological polar surface area (TPSA) is 33.7 Å². The highest BCUT2D eigenvalue weighted by atomic mass is 19.4. The Morgan fingerprint density at radius 2 is 1.53 bits per heavy atom. The van der Waals surface area contributed by atoms with Crippen LogP contribution in [-0.4, -0.2) is 37.4 Å². The second-order valence-corrected chi connectivity index (χ2v) is 7.65. The Hall–Kier alpha value is -3.03. The van der Waals surface area contributed by atoms with E-state index in [4.69, 9.17) is 4.74 Å². The highest BCUT2D eigenvalue weighted by Crippen LogP contribution is 2.33. The lowest BCUT2D eigenvalue weighted by molar-refractivity contribution is -0.274. The molecule has 3 aromatic carbocycles. The summed E-state index contributed by atoms with van der Waals surface area (Å²) in [4.78, 5) is 2.33. The van der Waals surface area contributed by atoms with Gasteiger partial charge in [0.1, 0.15) is 18.1 Å². The first-order valence-electron chi connectivity index (χ1n) is 10.6. The molecule has 1 aliphatic heterocycles. The number of nitrogens with one attached hydrogen (secondary N) is 1. The molecule has 1 aliphatic rings. The molecule has 7 heteroatoms. The maximum Gasteiger partial charge on any atom is 0.573 e. The van der Waals surface area contributed by atoms with Crippen molar-refractivity contribution >= 4 is 0 Å². The van der Waals surface area contributed by atoms with Crippen LogP contribution >= 0.6 is 0 Å². The summed E-state index contributed by atoms with van der Waals surface area (Å²) in [6.07, 6.45) is -4.70. The van der Waals surface area contributed by atoms with Gasteiger partial charge in [0.2, 0.25) is 0 Å². The van der Waals surface area contributed by atoms with Crippen LogP contribution in [0.4, 0.5) is 13.2 Å². The van der Waals surface area contributed by atoms with Crippen LogP contribution in [0.2, 0.25) is 0 Å². The van der Waals surface area contributed by atoms with Crippen LogP contribution in [0.5, 0.6) is 11.5 Å². The maximum atomic E-state index is 12.5. The van der Waals surface area contributed by atoms with E-state index in [2.05, 4.69) is 15.0 Å². The first-order chi connectivity index (χ1) is 15.5. The predicted octanol–water partition coefficient (Wildman–Crippen LogP) is 5.16. The van der Waals surface area contributed by atoms with Crippen molar-refractivity contribution in [3.63, 3.8) is 0 Å². The van der Waals surface area contributed by atoms with Crippen molar-refractivity contribution in [1.82, 2.24) is 10.2 Å². The molecule has 3 aromatic rings. The molecule has 1 saturated heterocycles. The van der Waals surface area contributed by atoms with Gasteiger partial charge in [0.05, 0.1) is 6.04 Å². The molecule has 4 nitrogen and oxygen atoms in total. The smallest absolute Gasteiger partial charge is 0.489 e. The van der Waals surface area contributed by atoms with Crippen LogP contribution in [0.1, 0.15) is 22.7 Å². The zero-order chi connectivity index (χ0) is 22.4. The Labute approximate surface area is 185 Å². The van der Waals surface area contributed by atoms with E-state index in [-0.39, 0.29) is 11.8 Å². The number of nitrogens with zero attached hydrogens (tertiary/aromatic N) is 1. The van der Waals surface area contributed by atoms with Gasteiger partial charge < -0.3 is 14.8 Å². The van der Waals surface area contributed by atoms with Crippen molar-refractivity contribution in [1.29, 1.82) is 0 Å². The van der Waals surface area contributed by atoms with Crippen LogP contribution in [-0.2, 0) is 6.61 Å². The van der Waals surface area contributed by atoms with E-state index in [0.717, 1.165) is 48.6 Å². The summed E-state index contributed by atoms with van der Waals surface area (Å²) in [5.41, 5.74) is 3.01. The second kappa shape index (κ2) is 10.1. The van der Waals surface area contributed by atoms with Crippen molar-refractivity contribution in [3.8, 4) is 11.5 Å². The van der Waals surface area contributed by atoms with Gasteiger partial charge in [-0.2, -0.15) is 0 Å². The molecule has 1 atom stereocenters. The van der Waals surface area contributed by atoms with Crippen LogP contribution in [0.25, 0.3) is 0 Å². The highest BCUT2D eigenvalue weighted by molar-refractivity contribution is 5.39. The average molecular weight is 442 g/mol. The van der Waals surface area contributed by atoms with Gasteiger partial charge in [-0.1, -0.05) is 54.6 Å². The Morgan fingerprint density at radius 1 is 0.812 bits per heavy atom. The molecule has 0 aliphatic carbocycles. The normalized spacial score (nSPS) is 15.8. The van der Waals surface area contributed by atoms with Crippen LogP contribution < -0.4 is 14.8 Å². The quantitative estimate of drug-likeness (QED) is 0.548. The van der Waals surface area contributed by atoms with Gasteiger partial charge in [0, 0.05) is 26.2 Å². The van der Waals surface area contributed by atoms with Gasteiger partial charge in [0.15, 0.2) is 0 Å². The minimum absolute atomic E-state index is 0.0997. The third-order valence-electron chi connectivity index (χ3n) is 5.37.